The van der Waals surface area contributed by atoms with Gasteiger partial charge in [-0.15, -0.1) is 0 Å². The molecule has 3 aromatic carbocycles. The fourth-order valence-corrected chi connectivity index (χ4v) is 4.24. The van der Waals surface area contributed by atoms with Gasteiger partial charge in [-0.25, -0.2) is 4.79 Å². The van der Waals surface area contributed by atoms with E-state index in [9.17, 15) is 14.7 Å². The van der Waals surface area contributed by atoms with Gasteiger partial charge >= 0.3 is 12.1 Å². The third-order valence-electron chi connectivity index (χ3n) is 5.62. The average molecular weight is 426 g/mol. The van der Waals surface area contributed by atoms with Gasteiger partial charge in [0.05, 0.1) is 18.1 Å². The zero-order valence-corrected chi connectivity index (χ0v) is 17.3. The van der Waals surface area contributed by atoms with Crippen LogP contribution in [0.5, 0.6) is 0 Å². The smallest absolute Gasteiger partial charge is 0.407 e. The molecule has 1 amide bonds. The minimum absolute atomic E-state index is 0.0709. The summed E-state index contributed by atoms with van der Waals surface area (Å²) in [6.07, 6.45) is -0.623. The molecule has 1 unspecified atom stereocenters. The van der Waals surface area contributed by atoms with Gasteiger partial charge in [0.2, 0.25) is 0 Å². The van der Waals surface area contributed by atoms with E-state index in [1.54, 1.807) is 24.3 Å². The van der Waals surface area contributed by atoms with Crippen molar-refractivity contribution >= 4 is 12.1 Å². The molecule has 0 radical (unpaired) electrons. The number of benzene rings is 3. The molecule has 0 saturated heterocycles. The zero-order valence-electron chi connectivity index (χ0n) is 17.3. The molecule has 0 aromatic heterocycles. The maximum atomic E-state index is 12.6. The van der Waals surface area contributed by atoms with E-state index in [1.807, 2.05) is 36.4 Å². The second-order valence-corrected chi connectivity index (χ2v) is 7.78. The molecule has 1 aliphatic carbocycles. The summed E-state index contributed by atoms with van der Waals surface area (Å²) >= 11 is 0. The molecule has 2 N–H and O–H groups in total. The maximum absolute atomic E-state index is 12.6. The number of hydrogen-bond donors (Lipinski definition) is 2. The number of nitriles is 1. The zero-order chi connectivity index (χ0) is 22.5. The SMILES string of the molecule is N#Cc1cccc(CC(CC(=O)O)NC(=O)OCC2c3ccccc3-c3ccccc32)c1. The molecule has 6 nitrogen and oxygen atoms in total. The first-order chi connectivity index (χ1) is 15.5. The minimum Gasteiger partial charge on any atom is -0.481 e. The molecule has 0 aliphatic heterocycles. The van der Waals surface area contributed by atoms with Gasteiger partial charge in [-0.1, -0.05) is 60.7 Å². The first kappa shape index (κ1) is 21.1. The van der Waals surface area contributed by atoms with Gasteiger partial charge in [-0.05, 0) is 46.4 Å². The van der Waals surface area contributed by atoms with Crippen molar-refractivity contribution < 1.29 is 19.4 Å². The minimum atomic E-state index is -1.02. The molecule has 0 saturated carbocycles. The predicted molar refractivity (Wildman–Crippen MR) is 119 cm³/mol. The number of fused-ring (bicyclic) bond motifs is 3. The van der Waals surface area contributed by atoms with Crippen LogP contribution in [0.4, 0.5) is 4.79 Å². The highest BCUT2D eigenvalue weighted by Crippen LogP contribution is 2.44. The quantitative estimate of drug-likeness (QED) is 0.580. The average Bonchev–Trinajstić information content (AvgIpc) is 3.11. The van der Waals surface area contributed by atoms with Crippen LogP contribution in [-0.4, -0.2) is 29.8 Å². The van der Waals surface area contributed by atoms with Crippen LogP contribution in [0.3, 0.4) is 0 Å². The van der Waals surface area contributed by atoms with Crippen molar-refractivity contribution in [1.82, 2.24) is 5.32 Å². The molecule has 0 spiro atoms. The third-order valence-corrected chi connectivity index (χ3v) is 5.62. The lowest BCUT2D eigenvalue weighted by Crippen LogP contribution is -2.39. The van der Waals surface area contributed by atoms with Crippen molar-refractivity contribution in [2.45, 2.75) is 24.8 Å². The van der Waals surface area contributed by atoms with Gasteiger partial charge in [-0.3, -0.25) is 4.79 Å². The van der Waals surface area contributed by atoms with Crippen LogP contribution in [-0.2, 0) is 16.0 Å². The topological polar surface area (TPSA) is 99.4 Å². The highest BCUT2D eigenvalue weighted by Gasteiger charge is 2.29. The number of amides is 1. The summed E-state index contributed by atoms with van der Waals surface area (Å²) < 4.78 is 5.54. The van der Waals surface area contributed by atoms with Gasteiger partial charge < -0.3 is 15.2 Å². The van der Waals surface area contributed by atoms with Gasteiger partial charge in [0.1, 0.15) is 6.61 Å². The summed E-state index contributed by atoms with van der Waals surface area (Å²) in [5.41, 5.74) is 5.75. The van der Waals surface area contributed by atoms with E-state index >= 15 is 0 Å². The molecular weight excluding hydrogens is 404 g/mol. The fourth-order valence-electron chi connectivity index (χ4n) is 4.24. The first-order valence-corrected chi connectivity index (χ1v) is 10.4. The van der Waals surface area contributed by atoms with Crippen molar-refractivity contribution in [2.24, 2.45) is 0 Å². The van der Waals surface area contributed by atoms with E-state index in [2.05, 4.69) is 23.5 Å². The third kappa shape index (κ3) is 4.62. The second kappa shape index (κ2) is 9.36. The largest absolute Gasteiger partial charge is 0.481 e. The molecule has 0 heterocycles. The second-order valence-electron chi connectivity index (χ2n) is 7.78. The van der Waals surface area contributed by atoms with E-state index < -0.39 is 18.1 Å². The number of alkyl carbamates (subject to hydrolysis) is 1. The Labute approximate surface area is 186 Å². The van der Waals surface area contributed by atoms with E-state index in [1.165, 1.54) is 0 Å². The number of carboxylic acid groups (broad SMARTS) is 1. The lowest BCUT2D eigenvalue weighted by molar-refractivity contribution is -0.137. The Morgan fingerprint density at radius 2 is 1.66 bits per heavy atom. The van der Waals surface area contributed by atoms with E-state index in [4.69, 9.17) is 10.00 Å². The Bertz CT molecular complexity index is 1150. The Morgan fingerprint density at radius 1 is 1.00 bits per heavy atom. The summed E-state index contributed by atoms with van der Waals surface area (Å²) in [5.74, 6) is -1.09. The van der Waals surface area contributed by atoms with Crippen LogP contribution in [0, 0.1) is 11.3 Å². The summed E-state index contributed by atoms with van der Waals surface area (Å²) in [6.45, 7) is 0.156. The molecule has 1 atom stereocenters. The van der Waals surface area contributed by atoms with E-state index in [0.29, 0.717) is 5.56 Å². The number of nitrogens with zero attached hydrogens (tertiary/aromatic N) is 1. The Kier molecular flexibility index (Phi) is 6.18. The van der Waals surface area contributed by atoms with Gasteiger partial charge in [-0.2, -0.15) is 5.26 Å². The molecule has 0 fully saturated rings. The number of hydrogen-bond acceptors (Lipinski definition) is 4. The van der Waals surface area contributed by atoms with Crippen molar-refractivity contribution in [3.8, 4) is 17.2 Å². The molecule has 1 aliphatic rings. The van der Waals surface area contributed by atoms with E-state index in [-0.39, 0.29) is 25.4 Å². The van der Waals surface area contributed by atoms with Crippen LogP contribution in [0.1, 0.15) is 34.6 Å². The number of nitrogens with one attached hydrogen (secondary N) is 1. The van der Waals surface area contributed by atoms with Crippen molar-refractivity contribution in [1.29, 1.82) is 5.26 Å². The number of carbonyl (C=O) groups is 2. The van der Waals surface area contributed by atoms with Crippen molar-refractivity contribution in [2.75, 3.05) is 6.61 Å². The first-order valence-electron chi connectivity index (χ1n) is 10.4. The molecule has 3 aromatic rings. The molecular formula is C26H22N2O4. The Hall–Kier alpha value is -4.11. The lowest BCUT2D eigenvalue weighted by Gasteiger charge is -2.19. The summed E-state index contributed by atoms with van der Waals surface area (Å²) in [6, 6.07) is 24.4. The van der Waals surface area contributed by atoms with Gasteiger partial charge in [0, 0.05) is 12.0 Å². The molecule has 160 valence electrons. The van der Waals surface area contributed by atoms with E-state index in [0.717, 1.165) is 27.8 Å². The van der Waals surface area contributed by atoms with Crippen LogP contribution < -0.4 is 5.32 Å². The van der Waals surface area contributed by atoms with Crippen LogP contribution >= 0.6 is 0 Å². The standard InChI is InChI=1S/C26H22N2O4/c27-15-18-7-5-6-17(12-18)13-19(14-25(29)30)28-26(31)32-16-24-22-10-3-1-8-20(22)21-9-2-4-11-23(21)24/h1-12,19,24H,13-14,16H2,(H,28,31)(H,29,30). The normalized spacial score (nSPS) is 12.8. The number of carbonyl (C=O) groups excluding carboxylic acids is 1. The van der Waals surface area contributed by atoms with Crippen molar-refractivity contribution in [3.05, 3.63) is 95.1 Å². The van der Waals surface area contributed by atoms with Crippen LogP contribution in [0.15, 0.2) is 72.8 Å². The maximum Gasteiger partial charge on any atom is 0.407 e. The molecule has 32 heavy (non-hydrogen) atoms. The van der Waals surface area contributed by atoms with Crippen molar-refractivity contribution in [3.63, 3.8) is 0 Å². The molecule has 4 rings (SSSR count). The van der Waals surface area contributed by atoms with Crippen LogP contribution in [0.25, 0.3) is 11.1 Å². The summed E-state index contributed by atoms with van der Waals surface area (Å²) in [4.78, 5) is 23.9. The molecule has 0 bridgehead atoms. The Morgan fingerprint density at radius 3 is 2.28 bits per heavy atom. The molecule has 6 heteroatoms. The highest BCUT2D eigenvalue weighted by molar-refractivity contribution is 5.79. The monoisotopic (exact) mass is 426 g/mol. The fraction of sp³-hybridized carbons (Fsp3) is 0.192. The summed E-state index contributed by atoms with van der Waals surface area (Å²) in [5, 5.41) is 21.0. The van der Waals surface area contributed by atoms with Gasteiger partial charge in [0.25, 0.3) is 0 Å². The number of rotatable bonds is 7. The highest BCUT2D eigenvalue weighted by atomic mass is 16.5. The number of aliphatic carboxylic acids is 1. The number of ether oxygens (including phenoxy) is 1. The van der Waals surface area contributed by atoms with Gasteiger partial charge in [0.15, 0.2) is 0 Å². The summed E-state index contributed by atoms with van der Waals surface area (Å²) in [7, 11) is 0. The predicted octanol–water partition coefficient (Wildman–Crippen LogP) is 4.48. The Balaban J connectivity index is 1.44. The van der Waals surface area contributed by atoms with Crippen LogP contribution in [0.2, 0.25) is 0 Å². The lowest BCUT2D eigenvalue weighted by atomic mass is 9.98. The number of carboxylic acids is 1.